The summed E-state index contributed by atoms with van der Waals surface area (Å²) in [5.41, 5.74) is -0.209. The van der Waals surface area contributed by atoms with E-state index in [9.17, 15) is 9.18 Å². The third-order valence-corrected chi connectivity index (χ3v) is 3.12. The molecule has 0 saturated heterocycles. The van der Waals surface area contributed by atoms with E-state index in [2.05, 4.69) is 5.32 Å². The lowest BCUT2D eigenvalue weighted by Crippen LogP contribution is -2.31. The number of rotatable bonds is 7. The van der Waals surface area contributed by atoms with E-state index < -0.39 is 17.2 Å². The fourth-order valence-electron chi connectivity index (χ4n) is 1.73. The van der Waals surface area contributed by atoms with Crippen molar-refractivity contribution in [1.29, 1.82) is 0 Å². The standard InChI is InChI=1S/C15H22FNO3/c1-5-17-10(2)12-7-6-11(16)8-13(12)20-9-15(3,4)14(18)19/h6-8,10,17H,5,9H2,1-4H3,(H,18,19). The van der Waals surface area contributed by atoms with Gasteiger partial charge in [-0.05, 0) is 33.4 Å². The fraction of sp³-hybridized carbons (Fsp3) is 0.533. The van der Waals surface area contributed by atoms with Gasteiger partial charge in [0.1, 0.15) is 18.2 Å². The van der Waals surface area contributed by atoms with Crippen molar-refractivity contribution in [2.24, 2.45) is 5.41 Å². The molecule has 0 bridgehead atoms. The molecule has 20 heavy (non-hydrogen) atoms. The maximum Gasteiger partial charge on any atom is 0.312 e. The first-order chi connectivity index (χ1) is 9.27. The SMILES string of the molecule is CCNC(C)c1ccc(F)cc1OCC(C)(C)C(=O)O. The third kappa shape index (κ3) is 4.20. The van der Waals surface area contributed by atoms with Gasteiger partial charge in [-0.3, -0.25) is 4.79 Å². The monoisotopic (exact) mass is 283 g/mol. The van der Waals surface area contributed by atoms with Gasteiger partial charge in [-0.1, -0.05) is 13.0 Å². The Morgan fingerprint density at radius 2 is 2.15 bits per heavy atom. The molecule has 0 aliphatic rings. The molecule has 0 aliphatic carbocycles. The predicted octanol–water partition coefficient (Wildman–Crippen LogP) is 2.99. The molecule has 1 unspecified atom stereocenters. The number of carboxylic acids is 1. The lowest BCUT2D eigenvalue weighted by molar-refractivity contribution is -0.148. The summed E-state index contributed by atoms with van der Waals surface area (Å²) in [6.45, 7) is 7.83. The van der Waals surface area contributed by atoms with Crippen molar-refractivity contribution in [3.63, 3.8) is 0 Å². The van der Waals surface area contributed by atoms with Gasteiger partial charge in [0.2, 0.25) is 0 Å². The molecule has 0 radical (unpaired) electrons. The number of carboxylic acid groups (broad SMARTS) is 1. The number of ether oxygens (including phenoxy) is 1. The number of aliphatic carboxylic acids is 1. The second-order valence-electron chi connectivity index (χ2n) is 5.44. The van der Waals surface area contributed by atoms with Gasteiger partial charge in [-0.2, -0.15) is 0 Å². The van der Waals surface area contributed by atoms with Gasteiger partial charge in [0.05, 0.1) is 5.41 Å². The summed E-state index contributed by atoms with van der Waals surface area (Å²) >= 11 is 0. The van der Waals surface area contributed by atoms with Crippen molar-refractivity contribution in [3.05, 3.63) is 29.6 Å². The number of hydrogen-bond acceptors (Lipinski definition) is 3. The van der Waals surface area contributed by atoms with Crippen LogP contribution in [0.15, 0.2) is 18.2 Å². The van der Waals surface area contributed by atoms with E-state index >= 15 is 0 Å². The Kier molecular flexibility index (Phi) is 5.51. The van der Waals surface area contributed by atoms with Crippen LogP contribution < -0.4 is 10.1 Å². The second-order valence-corrected chi connectivity index (χ2v) is 5.44. The topological polar surface area (TPSA) is 58.6 Å². The molecule has 5 heteroatoms. The molecule has 1 rings (SSSR count). The number of benzene rings is 1. The van der Waals surface area contributed by atoms with Crippen LogP contribution in [-0.2, 0) is 4.79 Å². The zero-order valence-electron chi connectivity index (χ0n) is 12.4. The van der Waals surface area contributed by atoms with Gasteiger partial charge < -0.3 is 15.2 Å². The van der Waals surface area contributed by atoms with Gasteiger partial charge >= 0.3 is 5.97 Å². The Labute approximate surface area is 119 Å². The van der Waals surface area contributed by atoms with Gasteiger partial charge in [0.25, 0.3) is 0 Å². The highest BCUT2D eigenvalue weighted by atomic mass is 19.1. The molecule has 0 heterocycles. The zero-order chi connectivity index (χ0) is 15.3. The quantitative estimate of drug-likeness (QED) is 0.807. The average molecular weight is 283 g/mol. The van der Waals surface area contributed by atoms with E-state index in [1.54, 1.807) is 19.9 Å². The predicted molar refractivity (Wildman–Crippen MR) is 75.4 cm³/mol. The van der Waals surface area contributed by atoms with Crippen molar-refractivity contribution in [2.75, 3.05) is 13.2 Å². The van der Waals surface area contributed by atoms with Crippen molar-refractivity contribution in [1.82, 2.24) is 5.32 Å². The van der Waals surface area contributed by atoms with Crippen molar-refractivity contribution < 1.29 is 19.0 Å². The molecule has 0 fully saturated rings. The smallest absolute Gasteiger partial charge is 0.312 e. The number of carbonyl (C=O) groups is 1. The van der Waals surface area contributed by atoms with E-state index in [0.717, 1.165) is 12.1 Å². The van der Waals surface area contributed by atoms with Crippen LogP contribution >= 0.6 is 0 Å². The first-order valence-corrected chi connectivity index (χ1v) is 6.67. The van der Waals surface area contributed by atoms with Gasteiger partial charge in [0, 0.05) is 17.7 Å². The van der Waals surface area contributed by atoms with E-state index in [4.69, 9.17) is 9.84 Å². The molecule has 112 valence electrons. The van der Waals surface area contributed by atoms with Crippen molar-refractivity contribution in [2.45, 2.75) is 33.7 Å². The number of hydrogen-bond donors (Lipinski definition) is 2. The number of halogens is 1. The molecule has 0 aromatic heterocycles. The molecule has 0 spiro atoms. The Morgan fingerprint density at radius 3 is 2.70 bits per heavy atom. The van der Waals surface area contributed by atoms with Crippen molar-refractivity contribution >= 4 is 5.97 Å². The summed E-state index contributed by atoms with van der Waals surface area (Å²) < 4.78 is 18.9. The van der Waals surface area contributed by atoms with Crippen LogP contribution in [0.1, 0.15) is 39.3 Å². The van der Waals surface area contributed by atoms with E-state index in [1.165, 1.54) is 12.1 Å². The first kappa shape index (κ1) is 16.4. The molecule has 0 amide bonds. The minimum atomic E-state index is -1.02. The summed E-state index contributed by atoms with van der Waals surface area (Å²) in [6, 6.07) is 4.33. The Morgan fingerprint density at radius 1 is 1.50 bits per heavy atom. The highest BCUT2D eigenvalue weighted by Crippen LogP contribution is 2.28. The highest BCUT2D eigenvalue weighted by molar-refractivity contribution is 5.73. The van der Waals surface area contributed by atoms with Gasteiger partial charge in [0.15, 0.2) is 0 Å². The van der Waals surface area contributed by atoms with Crippen LogP contribution in [0.2, 0.25) is 0 Å². The molecule has 4 nitrogen and oxygen atoms in total. The zero-order valence-corrected chi connectivity index (χ0v) is 12.4. The molecule has 0 aliphatic heterocycles. The van der Waals surface area contributed by atoms with E-state index in [-0.39, 0.29) is 12.6 Å². The summed E-state index contributed by atoms with van der Waals surface area (Å²) in [6.07, 6.45) is 0. The van der Waals surface area contributed by atoms with Crippen LogP contribution in [0.5, 0.6) is 5.75 Å². The lowest BCUT2D eigenvalue weighted by atomic mass is 9.95. The molecule has 0 saturated carbocycles. The van der Waals surface area contributed by atoms with E-state index in [0.29, 0.717) is 5.75 Å². The molecular formula is C15H22FNO3. The Bertz CT molecular complexity index is 474. The van der Waals surface area contributed by atoms with E-state index in [1.807, 2.05) is 13.8 Å². The molecule has 1 aromatic carbocycles. The van der Waals surface area contributed by atoms with Crippen LogP contribution in [0.4, 0.5) is 4.39 Å². The van der Waals surface area contributed by atoms with Crippen LogP contribution in [0.3, 0.4) is 0 Å². The maximum atomic E-state index is 13.4. The van der Waals surface area contributed by atoms with Crippen molar-refractivity contribution in [3.8, 4) is 5.75 Å². The molecular weight excluding hydrogens is 261 g/mol. The molecule has 2 N–H and O–H groups in total. The van der Waals surface area contributed by atoms with Gasteiger partial charge in [-0.25, -0.2) is 4.39 Å². The minimum Gasteiger partial charge on any atom is -0.492 e. The van der Waals surface area contributed by atoms with Gasteiger partial charge in [-0.15, -0.1) is 0 Å². The average Bonchev–Trinajstić information content (AvgIpc) is 2.36. The molecule has 1 aromatic rings. The Balaban J connectivity index is 2.93. The molecule has 1 atom stereocenters. The summed E-state index contributed by atoms with van der Waals surface area (Å²) in [4.78, 5) is 11.1. The minimum absolute atomic E-state index is 0.00328. The first-order valence-electron chi connectivity index (χ1n) is 6.67. The summed E-state index contributed by atoms with van der Waals surface area (Å²) in [5.74, 6) is -0.969. The van der Waals surface area contributed by atoms with Crippen LogP contribution in [-0.4, -0.2) is 24.2 Å². The lowest BCUT2D eigenvalue weighted by Gasteiger charge is -2.22. The fourth-order valence-corrected chi connectivity index (χ4v) is 1.73. The largest absolute Gasteiger partial charge is 0.492 e. The summed E-state index contributed by atoms with van der Waals surface area (Å²) in [7, 11) is 0. The van der Waals surface area contributed by atoms with Crippen LogP contribution in [0, 0.1) is 11.2 Å². The normalized spacial score (nSPS) is 13.1. The number of nitrogens with one attached hydrogen (secondary N) is 1. The summed E-state index contributed by atoms with van der Waals surface area (Å²) in [5, 5.41) is 12.3. The highest BCUT2D eigenvalue weighted by Gasteiger charge is 2.28. The van der Waals surface area contributed by atoms with Crippen LogP contribution in [0.25, 0.3) is 0 Å². The maximum absolute atomic E-state index is 13.4. The third-order valence-electron chi connectivity index (χ3n) is 3.12. The second kappa shape index (κ2) is 6.70. The Hall–Kier alpha value is -1.62.